The molecule has 0 heterocycles. The van der Waals surface area contributed by atoms with Crippen molar-refractivity contribution in [1.82, 2.24) is 0 Å². The lowest BCUT2D eigenvalue weighted by molar-refractivity contribution is -0.401. The molecule has 24 heavy (non-hydrogen) atoms. The molecule has 0 aliphatic rings. The van der Waals surface area contributed by atoms with Crippen LogP contribution >= 0.6 is 0 Å². The minimum Gasteiger partial charge on any atom is -0.344 e. The lowest BCUT2D eigenvalue weighted by atomic mass is 10.1. The molecule has 0 aromatic heterocycles. The Kier molecular flexibility index (Phi) is 4.40. The van der Waals surface area contributed by atoms with E-state index in [0.29, 0.717) is 17.8 Å². The summed E-state index contributed by atoms with van der Waals surface area (Å²) in [6, 6.07) is 6.64. The topological polar surface area (TPSA) is 141 Å². The number of nitro benzene ring substituents is 3. The maximum atomic E-state index is 11.3. The number of rotatable bonds is 5. The molecule has 10 nitrogen and oxygen atoms in total. The summed E-state index contributed by atoms with van der Waals surface area (Å²) in [6.07, 6.45) is 0. The quantitative estimate of drug-likeness (QED) is 0.648. The highest BCUT2D eigenvalue weighted by Crippen LogP contribution is 2.41. The summed E-state index contributed by atoms with van der Waals surface area (Å²) < 4.78 is 0. The van der Waals surface area contributed by atoms with Crippen molar-refractivity contribution in [3.05, 3.63) is 71.8 Å². The first-order chi connectivity index (χ1) is 11.2. The summed E-state index contributed by atoms with van der Waals surface area (Å²) in [5.41, 5.74) is -0.683. The molecule has 2 aromatic rings. The highest BCUT2D eigenvalue weighted by atomic mass is 16.6. The third-order valence-corrected chi connectivity index (χ3v) is 3.42. The fraction of sp³-hybridized carbons (Fsp3) is 0.143. The Labute approximate surface area is 135 Å². The lowest BCUT2D eigenvalue weighted by Gasteiger charge is -2.13. The van der Waals surface area contributed by atoms with Gasteiger partial charge in [-0.1, -0.05) is 18.2 Å². The second-order valence-corrected chi connectivity index (χ2v) is 5.02. The molecule has 10 heteroatoms. The number of nitrogens with one attached hydrogen (secondary N) is 1. The standard InChI is InChI=1S/C14H12N4O6/c1-8-4-3-5-9(2)13(8)15-14-11(17(21)22)6-10(16(19)20)7-12(14)18(23)24/h3-7,15H,1-2H3. The van der Waals surface area contributed by atoms with E-state index < -0.39 is 37.5 Å². The molecular weight excluding hydrogens is 320 g/mol. The van der Waals surface area contributed by atoms with Gasteiger partial charge in [0.05, 0.1) is 26.9 Å². The van der Waals surface area contributed by atoms with Crippen molar-refractivity contribution in [3.8, 4) is 0 Å². The van der Waals surface area contributed by atoms with Gasteiger partial charge < -0.3 is 5.32 Å². The first-order valence-corrected chi connectivity index (χ1v) is 6.66. The van der Waals surface area contributed by atoms with E-state index in [0.717, 1.165) is 11.1 Å². The molecule has 0 saturated heterocycles. The van der Waals surface area contributed by atoms with Gasteiger partial charge in [0, 0.05) is 5.69 Å². The van der Waals surface area contributed by atoms with Gasteiger partial charge in [0.1, 0.15) is 0 Å². The second-order valence-electron chi connectivity index (χ2n) is 5.02. The van der Waals surface area contributed by atoms with Gasteiger partial charge in [-0.2, -0.15) is 0 Å². The number of hydrogen-bond acceptors (Lipinski definition) is 7. The number of hydrogen-bond donors (Lipinski definition) is 1. The van der Waals surface area contributed by atoms with Gasteiger partial charge in [0.2, 0.25) is 0 Å². The molecule has 0 spiro atoms. The molecule has 1 N–H and O–H groups in total. The minimum atomic E-state index is -0.914. The third kappa shape index (κ3) is 3.11. The van der Waals surface area contributed by atoms with Crippen LogP contribution in [0.1, 0.15) is 11.1 Å². The molecule has 0 amide bonds. The molecule has 0 atom stereocenters. The monoisotopic (exact) mass is 332 g/mol. The van der Waals surface area contributed by atoms with E-state index in [2.05, 4.69) is 5.32 Å². The van der Waals surface area contributed by atoms with Crippen LogP contribution in [-0.4, -0.2) is 14.8 Å². The fourth-order valence-corrected chi connectivity index (χ4v) is 2.26. The van der Waals surface area contributed by atoms with Crippen LogP contribution in [0.2, 0.25) is 0 Å². The zero-order valence-electron chi connectivity index (χ0n) is 12.7. The van der Waals surface area contributed by atoms with Gasteiger partial charge in [0.25, 0.3) is 5.69 Å². The average Bonchev–Trinajstić information content (AvgIpc) is 2.50. The van der Waals surface area contributed by atoms with Gasteiger partial charge in [-0.3, -0.25) is 30.3 Å². The summed E-state index contributed by atoms with van der Waals surface area (Å²) in [4.78, 5) is 30.7. The normalized spacial score (nSPS) is 10.2. The van der Waals surface area contributed by atoms with Gasteiger partial charge >= 0.3 is 11.4 Å². The minimum absolute atomic E-state index is 0.395. The molecule has 0 radical (unpaired) electrons. The molecule has 0 saturated carbocycles. The Bertz CT molecular complexity index is 809. The molecule has 0 bridgehead atoms. The molecule has 0 unspecified atom stereocenters. The van der Waals surface area contributed by atoms with Crippen LogP contribution < -0.4 is 5.32 Å². The third-order valence-electron chi connectivity index (χ3n) is 3.42. The number of nitro groups is 3. The van der Waals surface area contributed by atoms with Crippen LogP contribution in [-0.2, 0) is 0 Å². The van der Waals surface area contributed by atoms with Gasteiger partial charge in [-0.25, -0.2) is 0 Å². The van der Waals surface area contributed by atoms with Gasteiger partial charge in [-0.05, 0) is 25.0 Å². The molecule has 124 valence electrons. The maximum Gasteiger partial charge on any atom is 0.306 e. The van der Waals surface area contributed by atoms with Crippen LogP contribution in [0.4, 0.5) is 28.4 Å². The van der Waals surface area contributed by atoms with E-state index in [1.165, 1.54) is 0 Å². The number of benzene rings is 2. The summed E-state index contributed by atoms with van der Waals surface area (Å²) in [7, 11) is 0. The van der Waals surface area contributed by atoms with Crippen LogP contribution in [0.5, 0.6) is 0 Å². The zero-order chi connectivity index (χ0) is 18.0. The Hall–Kier alpha value is -3.56. The molecule has 2 rings (SSSR count). The number of nitrogens with zero attached hydrogens (tertiary/aromatic N) is 3. The summed E-state index contributed by atoms with van der Waals surface area (Å²) in [6.45, 7) is 3.47. The predicted octanol–water partition coefficient (Wildman–Crippen LogP) is 3.77. The highest BCUT2D eigenvalue weighted by Gasteiger charge is 2.31. The van der Waals surface area contributed by atoms with Crippen molar-refractivity contribution < 1.29 is 14.8 Å². The van der Waals surface area contributed by atoms with Crippen LogP contribution in [0.3, 0.4) is 0 Å². The molecular formula is C14H12N4O6. The molecule has 0 fully saturated rings. The van der Waals surface area contributed by atoms with Crippen LogP contribution in [0.15, 0.2) is 30.3 Å². The Balaban J connectivity index is 2.74. The van der Waals surface area contributed by atoms with Gasteiger partial charge in [-0.15, -0.1) is 0 Å². The first-order valence-electron chi connectivity index (χ1n) is 6.66. The van der Waals surface area contributed by atoms with Crippen LogP contribution in [0, 0.1) is 44.2 Å². The Morgan fingerprint density at radius 3 is 1.62 bits per heavy atom. The van der Waals surface area contributed by atoms with Crippen molar-refractivity contribution in [2.24, 2.45) is 0 Å². The Morgan fingerprint density at radius 1 is 0.792 bits per heavy atom. The van der Waals surface area contributed by atoms with E-state index in [-0.39, 0.29) is 0 Å². The number of para-hydroxylation sites is 1. The van der Waals surface area contributed by atoms with Crippen molar-refractivity contribution >= 4 is 28.4 Å². The van der Waals surface area contributed by atoms with E-state index in [1.54, 1.807) is 32.0 Å². The lowest BCUT2D eigenvalue weighted by Crippen LogP contribution is -2.05. The molecule has 0 aliphatic heterocycles. The molecule has 2 aromatic carbocycles. The number of non-ortho nitro benzene ring substituents is 1. The fourth-order valence-electron chi connectivity index (χ4n) is 2.26. The number of anilines is 2. The molecule has 0 aliphatic carbocycles. The van der Waals surface area contributed by atoms with E-state index in [4.69, 9.17) is 0 Å². The first kappa shape index (κ1) is 16.8. The summed E-state index contributed by atoms with van der Waals surface area (Å²) in [5, 5.41) is 36.1. The SMILES string of the molecule is Cc1cccc(C)c1Nc1c([N+](=O)[O-])cc([N+](=O)[O-])cc1[N+](=O)[O-]. The maximum absolute atomic E-state index is 11.3. The van der Waals surface area contributed by atoms with E-state index in [9.17, 15) is 30.3 Å². The van der Waals surface area contributed by atoms with E-state index >= 15 is 0 Å². The number of aryl methyl sites for hydroxylation is 2. The predicted molar refractivity (Wildman–Crippen MR) is 85.6 cm³/mol. The Morgan fingerprint density at radius 2 is 1.25 bits per heavy atom. The summed E-state index contributed by atoms with van der Waals surface area (Å²) in [5.74, 6) is 0. The second kappa shape index (κ2) is 6.28. The smallest absolute Gasteiger partial charge is 0.306 e. The largest absolute Gasteiger partial charge is 0.344 e. The zero-order valence-corrected chi connectivity index (χ0v) is 12.7. The average molecular weight is 332 g/mol. The van der Waals surface area contributed by atoms with Crippen molar-refractivity contribution in [2.75, 3.05) is 5.32 Å². The summed E-state index contributed by atoms with van der Waals surface area (Å²) >= 11 is 0. The van der Waals surface area contributed by atoms with Crippen molar-refractivity contribution in [3.63, 3.8) is 0 Å². The van der Waals surface area contributed by atoms with E-state index in [1.807, 2.05) is 0 Å². The van der Waals surface area contributed by atoms with Crippen LogP contribution in [0.25, 0.3) is 0 Å². The van der Waals surface area contributed by atoms with Crippen molar-refractivity contribution in [2.45, 2.75) is 13.8 Å². The van der Waals surface area contributed by atoms with Gasteiger partial charge in [0.15, 0.2) is 5.69 Å². The highest BCUT2D eigenvalue weighted by molar-refractivity contribution is 5.82. The van der Waals surface area contributed by atoms with Crippen molar-refractivity contribution in [1.29, 1.82) is 0 Å².